The topological polar surface area (TPSA) is 505 Å². The van der Waals surface area contributed by atoms with Crippen LogP contribution in [0.4, 0.5) is 19.2 Å². The first-order valence-electron chi connectivity index (χ1n) is 26.1. The zero-order valence-corrected chi connectivity index (χ0v) is 70.0. The molecule has 9 amide bonds. The van der Waals surface area contributed by atoms with Gasteiger partial charge in [-0.1, -0.05) is 36.2 Å². The van der Waals surface area contributed by atoms with Gasteiger partial charge in [-0.15, -0.1) is 11.8 Å². The largest absolute Gasteiger partial charge is 0.474 e. The lowest BCUT2D eigenvalue weighted by Crippen LogP contribution is -2.32. The molecule has 0 spiro atoms. The van der Waals surface area contributed by atoms with Gasteiger partial charge in [0.1, 0.15) is 4.32 Å². The smallest absolute Gasteiger partial charge is 0.406 e. The molecule has 0 fully saturated rings. The third-order valence-electron chi connectivity index (χ3n) is 7.20. The zero-order valence-electron chi connectivity index (χ0n) is 61.9. The first kappa shape index (κ1) is 127. The van der Waals surface area contributed by atoms with Crippen LogP contribution >= 0.6 is 84.6 Å². The molecule has 0 atom stereocenters. The van der Waals surface area contributed by atoms with Gasteiger partial charge < -0.3 is 98.4 Å². The lowest BCUT2D eigenvalue weighted by molar-refractivity contribution is -0.152. The van der Waals surface area contributed by atoms with Gasteiger partial charge in [0.2, 0.25) is 11.7 Å². The predicted octanol–water partition coefficient (Wildman–Crippen LogP) is -3.93. The molecule has 578 valence electrons. The molecule has 0 aromatic rings. The van der Waals surface area contributed by atoms with Crippen LogP contribution in [-0.4, -0.2) is 323 Å². The molecule has 0 aromatic carbocycles. The number of thioether (sulfide) groups is 2. The van der Waals surface area contributed by atoms with Gasteiger partial charge in [-0.3, -0.25) is 24.0 Å². The fourth-order valence-corrected chi connectivity index (χ4v) is 3.04. The van der Waals surface area contributed by atoms with Crippen molar-refractivity contribution in [2.24, 2.45) is 0 Å². The van der Waals surface area contributed by atoms with Gasteiger partial charge in [-0.25, -0.2) is 47.0 Å². The number of ketones is 1. The molecular formula is C47H118N22O17S10. The monoisotopic (exact) mass is 1580 g/mol. The van der Waals surface area contributed by atoms with Gasteiger partial charge in [-0.05, 0) is 70.2 Å². The second-order valence-corrected chi connectivity index (χ2v) is 23.7. The second-order valence-electron chi connectivity index (χ2n) is 14.4. The van der Waals surface area contributed by atoms with Crippen LogP contribution in [0.15, 0.2) is 0 Å². The van der Waals surface area contributed by atoms with Gasteiger partial charge in [0.15, 0.2) is 21.4 Å². The molecule has 0 unspecified atom stereocenters. The molecule has 0 bridgehead atoms. The molecule has 0 aliphatic rings. The second kappa shape index (κ2) is 97.9. The highest BCUT2D eigenvalue weighted by Crippen LogP contribution is 1.90. The van der Waals surface area contributed by atoms with Crippen molar-refractivity contribution in [2.45, 2.75) is 20.8 Å². The number of carbonyl (C=O) groups is 9. The predicted molar refractivity (Wildman–Crippen MR) is 414 cm³/mol. The van der Waals surface area contributed by atoms with Crippen LogP contribution in [0.1, 0.15) is 20.8 Å². The Labute approximate surface area is 611 Å². The average molecular weight is 1580 g/mol. The fraction of sp³-hybridized carbons (Fsp3) is 0.702. The number of esters is 1. The first-order valence-corrected chi connectivity index (χ1v) is 34.7. The van der Waals surface area contributed by atoms with Crippen LogP contribution in [0.2, 0.25) is 0 Å². The highest BCUT2D eigenvalue weighted by Gasteiger charge is 2.09. The summed E-state index contributed by atoms with van der Waals surface area (Å²) >= 11 is 24.9. The van der Waals surface area contributed by atoms with Crippen molar-refractivity contribution in [3.8, 4) is 0 Å². The number of nitrogens with one attached hydrogen (secondary N) is 19. The van der Waals surface area contributed by atoms with E-state index in [1.807, 2.05) is 53.3 Å². The Bertz CT molecular complexity index is 2020. The summed E-state index contributed by atoms with van der Waals surface area (Å²) in [6.45, 7) is 4.54. The highest BCUT2D eigenvalue weighted by molar-refractivity contribution is 8.22. The molecule has 0 saturated heterocycles. The maximum absolute atomic E-state index is 10.5. The number of methoxy groups -OCH3 is 3. The number of amides is 9. The van der Waals surface area contributed by atoms with Crippen LogP contribution in [0.5, 0.6) is 0 Å². The van der Waals surface area contributed by atoms with Crippen LogP contribution in [-0.2, 0) is 69.8 Å². The van der Waals surface area contributed by atoms with E-state index in [0.717, 1.165) is 25.8 Å². The first-order chi connectivity index (χ1) is 44.1. The highest BCUT2D eigenvalue weighted by atomic mass is 32.2. The molecule has 0 aromatic heterocycles. The zero-order chi connectivity index (χ0) is 80.4. The van der Waals surface area contributed by atoms with E-state index in [1.165, 1.54) is 101 Å². The van der Waals surface area contributed by atoms with E-state index in [1.54, 1.807) is 103 Å². The standard InChI is InChI=1S/C4H10N2O.C4H10N2S.C4H7NO3.C4H7NO2.C3H10N2O2S.C3H8N2O.C3H8N2S.C3H7NO2.2C3H7NOS.C3H7NO.C3H7NS2.C3H7NS.C2H8N2O2S.C2H8N2OS/c2*1-5-4(7)6(2)3;1-5-3(6)4(7)8-2;1-3(6)4(7)5-2;1-4-8(6,7)5(2)3;2*1-4-3(6)5-2;2*1-4-3(5)6-2;1-4-3(6)5-2;1-3(5)4-2;1-4-3(5)6-2;1-3(5)4-2;1-3-7(5,6)4-2;1-3-6(5)4-2/h2*1-3H3,(H,5,7);1-2H3,(H,5,6);1-2H3,(H,5,7);4H,1-3H3;2*1-2H3,(H2,4,5,6);2*1-2H3,(H,4,5);1-2H3,(H,4,6);1-2H3,(H,4,5);1-2H3,(H,4,5);1-2H3,(H,4,5);3-4H,1-2H3;3-4H,1-2H3. The normalized spacial score (nSPS) is 8.28. The van der Waals surface area contributed by atoms with Crippen LogP contribution in [0.25, 0.3) is 0 Å². The van der Waals surface area contributed by atoms with E-state index >= 15 is 0 Å². The summed E-state index contributed by atoms with van der Waals surface area (Å²) in [5.74, 6) is -2.59. The molecule has 39 nitrogen and oxygen atoms in total. The molecule has 96 heavy (non-hydrogen) atoms. The lowest BCUT2D eigenvalue weighted by atomic mass is 10.4. The maximum atomic E-state index is 10.5. The number of ether oxygens (including phenoxy) is 3. The van der Waals surface area contributed by atoms with Gasteiger partial charge in [-0.2, -0.15) is 21.1 Å². The van der Waals surface area contributed by atoms with E-state index in [4.69, 9.17) is 24.4 Å². The van der Waals surface area contributed by atoms with E-state index in [9.17, 15) is 64.2 Å². The van der Waals surface area contributed by atoms with E-state index < -0.39 is 61.3 Å². The van der Waals surface area contributed by atoms with Crippen molar-refractivity contribution in [3.05, 3.63) is 0 Å². The van der Waals surface area contributed by atoms with Crippen LogP contribution in [0, 0.1) is 0 Å². The molecule has 0 heterocycles. The van der Waals surface area contributed by atoms with Crippen molar-refractivity contribution in [3.63, 3.8) is 0 Å². The number of Topliss-reactive ketones (excluding diaryl/α,β-unsaturated/α-hetero) is 1. The minimum absolute atomic E-state index is 0.00463. The molecular weight excluding hydrogens is 1470 g/mol. The molecule has 19 N–H and O–H groups in total. The lowest BCUT2D eigenvalue weighted by Gasteiger charge is -2.11. The molecule has 0 aliphatic carbocycles. The van der Waals surface area contributed by atoms with E-state index in [-0.39, 0.29) is 23.2 Å². The van der Waals surface area contributed by atoms with Gasteiger partial charge in [0, 0.05) is 176 Å². The molecule has 0 radical (unpaired) electrons. The van der Waals surface area contributed by atoms with Crippen molar-refractivity contribution in [1.82, 2.24) is 112 Å². The Morgan fingerprint density at radius 2 is 0.823 bits per heavy atom. The molecule has 0 aliphatic heterocycles. The summed E-state index contributed by atoms with van der Waals surface area (Å²) in [4.78, 5) is 94.3. The van der Waals surface area contributed by atoms with Crippen LogP contribution < -0.4 is 98.0 Å². The number of urea groups is 2. The molecule has 0 saturated carbocycles. The molecule has 49 heteroatoms. The number of alkyl carbamates (subject to hydrolysis) is 1. The minimum atomic E-state index is -3.16. The van der Waals surface area contributed by atoms with Crippen molar-refractivity contribution >= 4 is 194 Å². The summed E-state index contributed by atoms with van der Waals surface area (Å²) in [6, 6.07) is -0.227. The number of nitrogens with zero attached hydrogens (tertiary/aromatic N) is 3. The fourth-order valence-electron chi connectivity index (χ4n) is 1.86. The van der Waals surface area contributed by atoms with Crippen molar-refractivity contribution in [2.75, 3.05) is 210 Å². The summed E-state index contributed by atoms with van der Waals surface area (Å²) in [6.07, 6.45) is 3.27. The van der Waals surface area contributed by atoms with Gasteiger partial charge in [0.05, 0.1) is 26.3 Å². The Hall–Kier alpha value is -5.81. The number of hydrogen-bond acceptors (Lipinski definition) is 24. The molecule has 0 rings (SSSR count). The summed E-state index contributed by atoms with van der Waals surface area (Å²) < 4.78 is 77.3. The Morgan fingerprint density at radius 1 is 0.438 bits per heavy atom. The van der Waals surface area contributed by atoms with E-state index in [0.29, 0.717) is 10.3 Å². The number of carbonyl (C=O) groups excluding carboxylic acids is 9. The maximum Gasteiger partial charge on any atom is 0.406 e. The number of thiocarbonyl (C=S) groups is 5. The SMILES string of the molecule is CNC(=O)C(=O)OC.CNC(=O)C(C)=O.CNC(=O)N(C)C.CNC(=O)NC.CNC(=O)OC.CNC(=O)SC.CNC(=S)N(C)C.CNC(=S)NC.CNC(=S)OC.CNC(=S)SC.CNC(C)=O.CNC(C)=S.CNS(=O)(=O)N(C)C.CNS(=O)(=O)NC.CNS(=O)NC. The van der Waals surface area contributed by atoms with Crippen molar-refractivity contribution in [1.29, 1.82) is 0 Å². The quantitative estimate of drug-likeness (QED) is 0.0657. The van der Waals surface area contributed by atoms with Gasteiger partial charge in [0.25, 0.3) is 36.7 Å². The Balaban J connectivity index is -0.0000000564. The summed E-state index contributed by atoms with van der Waals surface area (Å²) in [5, 5.41) is 36.9. The Morgan fingerprint density at radius 3 is 0.833 bits per heavy atom. The third-order valence-corrected chi connectivity index (χ3v) is 13.9. The third kappa shape index (κ3) is 149. The average Bonchev–Trinajstić information content (AvgIpc) is 3.44. The summed E-state index contributed by atoms with van der Waals surface area (Å²) in [5.41, 5.74) is 0. The van der Waals surface area contributed by atoms with Gasteiger partial charge >= 0.3 is 30.0 Å². The Kier molecular flexibility index (Phi) is 129. The summed E-state index contributed by atoms with van der Waals surface area (Å²) in [7, 11) is 38.0. The number of likely N-dealkylation sites (N-methyl/N-ethyl adjacent to an activating group) is 2. The van der Waals surface area contributed by atoms with Crippen molar-refractivity contribution < 1.29 is 78.4 Å². The van der Waals surface area contributed by atoms with Crippen LogP contribution in [0.3, 0.4) is 0 Å². The number of hydrogen-bond donors (Lipinski definition) is 19. The minimum Gasteiger partial charge on any atom is -0.474 e. The van der Waals surface area contributed by atoms with E-state index in [2.05, 4.69) is 149 Å². The number of rotatable bonds is 7.